The standard InChI is InChI=1S/C13H16F2N2O4S/c14-11(15)13(5-1-2-6-13)12(19)17-8-3-4-9(18)10(7-8)22(16,20)21/h3-4,7,11,18H,1-2,5-6H2,(H,17,19)(H2,16,20,21). The first-order valence-electron chi connectivity index (χ1n) is 6.62. The number of halogens is 2. The molecule has 0 radical (unpaired) electrons. The zero-order valence-corrected chi connectivity index (χ0v) is 12.4. The van der Waals surface area contributed by atoms with Gasteiger partial charge in [-0.2, -0.15) is 0 Å². The summed E-state index contributed by atoms with van der Waals surface area (Å²) < 4.78 is 49.1. The Bertz CT molecular complexity index is 685. The fourth-order valence-corrected chi connectivity index (χ4v) is 3.28. The van der Waals surface area contributed by atoms with Gasteiger partial charge >= 0.3 is 0 Å². The summed E-state index contributed by atoms with van der Waals surface area (Å²) in [4.78, 5) is 11.6. The van der Waals surface area contributed by atoms with E-state index < -0.39 is 38.4 Å². The van der Waals surface area contributed by atoms with Crippen molar-refractivity contribution in [1.29, 1.82) is 0 Å². The van der Waals surface area contributed by atoms with Crippen molar-refractivity contribution in [3.63, 3.8) is 0 Å². The fourth-order valence-electron chi connectivity index (χ4n) is 2.63. The van der Waals surface area contributed by atoms with Crippen molar-refractivity contribution in [3.8, 4) is 5.75 Å². The van der Waals surface area contributed by atoms with Crippen LogP contribution in [0.25, 0.3) is 0 Å². The second-order valence-corrected chi connectivity index (χ2v) is 6.88. The van der Waals surface area contributed by atoms with E-state index in [-0.39, 0.29) is 18.5 Å². The maximum Gasteiger partial charge on any atom is 0.252 e. The summed E-state index contributed by atoms with van der Waals surface area (Å²) in [5.41, 5.74) is -1.77. The molecule has 0 heterocycles. The van der Waals surface area contributed by atoms with Crippen molar-refractivity contribution in [2.75, 3.05) is 5.32 Å². The molecule has 0 bridgehead atoms. The Balaban J connectivity index is 2.29. The summed E-state index contributed by atoms with van der Waals surface area (Å²) in [6.07, 6.45) is -1.57. The van der Waals surface area contributed by atoms with Crippen molar-refractivity contribution in [1.82, 2.24) is 0 Å². The average Bonchev–Trinajstić information content (AvgIpc) is 2.90. The Morgan fingerprint density at radius 3 is 2.41 bits per heavy atom. The lowest BCUT2D eigenvalue weighted by atomic mass is 9.85. The highest BCUT2D eigenvalue weighted by Crippen LogP contribution is 2.44. The van der Waals surface area contributed by atoms with Gasteiger partial charge in [0.15, 0.2) is 0 Å². The van der Waals surface area contributed by atoms with Crippen LogP contribution in [0.5, 0.6) is 5.75 Å². The predicted molar refractivity (Wildman–Crippen MR) is 75.0 cm³/mol. The van der Waals surface area contributed by atoms with E-state index >= 15 is 0 Å². The molecule has 1 saturated carbocycles. The molecule has 4 N–H and O–H groups in total. The van der Waals surface area contributed by atoms with Crippen LogP contribution in [0.2, 0.25) is 0 Å². The number of aromatic hydroxyl groups is 1. The number of hydrogen-bond donors (Lipinski definition) is 3. The maximum atomic E-state index is 13.3. The Morgan fingerprint density at radius 1 is 1.32 bits per heavy atom. The zero-order chi connectivity index (χ0) is 16.5. The number of carbonyl (C=O) groups is 1. The van der Waals surface area contributed by atoms with Gasteiger partial charge in [-0.05, 0) is 31.0 Å². The molecule has 1 aromatic carbocycles. The molecule has 22 heavy (non-hydrogen) atoms. The van der Waals surface area contributed by atoms with Crippen LogP contribution in [-0.4, -0.2) is 25.9 Å². The Morgan fingerprint density at radius 2 is 1.91 bits per heavy atom. The number of primary sulfonamides is 1. The summed E-state index contributed by atoms with van der Waals surface area (Å²) in [6, 6.07) is 3.19. The molecule has 6 nitrogen and oxygen atoms in total. The van der Waals surface area contributed by atoms with Crippen LogP contribution in [0.4, 0.5) is 14.5 Å². The molecule has 1 aromatic rings. The lowest BCUT2D eigenvalue weighted by Crippen LogP contribution is -2.40. The highest BCUT2D eigenvalue weighted by atomic mass is 32.2. The van der Waals surface area contributed by atoms with Crippen LogP contribution in [-0.2, 0) is 14.8 Å². The molecular weight excluding hydrogens is 318 g/mol. The molecule has 0 unspecified atom stereocenters. The number of anilines is 1. The smallest absolute Gasteiger partial charge is 0.252 e. The quantitative estimate of drug-likeness (QED) is 0.729. The van der Waals surface area contributed by atoms with Crippen LogP contribution >= 0.6 is 0 Å². The van der Waals surface area contributed by atoms with Gasteiger partial charge in [-0.3, -0.25) is 4.79 Å². The number of nitrogens with one attached hydrogen (secondary N) is 1. The van der Waals surface area contributed by atoms with Crippen molar-refractivity contribution in [3.05, 3.63) is 18.2 Å². The van der Waals surface area contributed by atoms with Gasteiger partial charge in [0, 0.05) is 5.69 Å². The van der Waals surface area contributed by atoms with E-state index in [9.17, 15) is 27.1 Å². The maximum absolute atomic E-state index is 13.3. The minimum atomic E-state index is -4.19. The fraction of sp³-hybridized carbons (Fsp3) is 0.462. The van der Waals surface area contributed by atoms with E-state index in [0.29, 0.717) is 12.8 Å². The van der Waals surface area contributed by atoms with Crippen molar-refractivity contribution in [2.24, 2.45) is 10.6 Å². The van der Waals surface area contributed by atoms with E-state index in [1.54, 1.807) is 0 Å². The first-order chi connectivity index (χ1) is 10.2. The van der Waals surface area contributed by atoms with Gasteiger partial charge in [-0.25, -0.2) is 22.3 Å². The van der Waals surface area contributed by atoms with Gasteiger partial charge < -0.3 is 10.4 Å². The number of phenols is 1. The predicted octanol–water partition coefficient (Wildman–Crippen LogP) is 1.80. The van der Waals surface area contributed by atoms with E-state index in [1.807, 2.05) is 0 Å². The lowest BCUT2D eigenvalue weighted by Gasteiger charge is -2.26. The van der Waals surface area contributed by atoms with E-state index in [0.717, 1.165) is 12.1 Å². The van der Waals surface area contributed by atoms with Crippen molar-refractivity contribution < 1.29 is 27.1 Å². The van der Waals surface area contributed by atoms with Crippen molar-refractivity contribution >= 4 is 21.6 Å². The number of carbonyl (C=O) groups excluding carboxylic acids is 1. The second-order valence-electron chi connectivity index (χ2n) is 5.35. The SMILES string of the molecule is NS(=O)(=O)c1cc(NC(=O)C2(C(F)F)CCCC2)ccc1O. The number of hydrogen-bond acceptors (Lipinski definition) is 4. The molecule has 0 atom stereocenters. The molecule has 0 aromatic heterocycles. The first kappa shape index (κ1) is 16.6. The Kier molecular flexibility index (Phi) is 4.39. The van der Waals surface area contributed by atoms with Gasteiger partial charge in [0.05, 0.1) is 0 Å². The monoisotopic (exact) mass is 334 g/mol. The Hall–Kier alpha value is -1.74. The summed E-state index contributed by atoms with van der Waals surface area (Å²) >= 11 is 0. The zero-order valence-electron chi connectivity index (χ0n) is 11.6. The number of benzene rings is 1. The van der Waals surface area contributed by atoms with Gasteiger partial charge in [-0.15, -0.1) is 0 Å². The van der Waals surface area contributed by atoms with Gasteiger partial charge in [0.25, 0.3) is 6.43 Å². The molecule has 1 amide bonds. The summed E-state index contributed by atoms with van der Waals surface area (Å²) in [7, 11) is -4.19. The molecule has 1 aliphatic carbocycles. The molecule has 0 spiro atoms. The second kappa shape index (κ2) is 5.81. The molecule has 2 rings (SSSR count). The first-order valence-corrected chi connectivity index (χ1v) is 8.17. The highest BCUT2D eigenvalue weighted by molar-refractivity contribution is 7.89. The third-order valence-electron chi connectivity index (χ3n) is 3.89. The van der Waals surface area contributed by atoms with E-state index in [2.05, 4.69) is 5.32 Å². The van der Waals surface area contributed by atoms with E-state index in [4.69, 9.17) is 5.14 Å². The topological polar surface area (TPSA) is 109 Å². The van der Waals surface area contributed by atoms with E-state index in [1.165, 1.54) is 6.07 Å². The third-order valence-corrected chi connectivity index (χ3v) is 4.83. The lowest BCUT2D eigenvalue weighted by molar-refractivity contribution is -0.134. The molecule has 1 fully saturated rings. The molecule has 1 aliphatic rings. The Labute approximate surface area is 126 Å². The van der Waals surface area contributed by atoms with Gasteiger partial charge in [-0.1, -0.05) is 12.8 Å². The number of phenolic OH excluding ortho intramolecular Hbond substituents is 1. The summed E-state index contributed by atoms with van der Waals surface area (Å²) in [5, 5.41) is 16.7. The van der Waals surface area contributed by atoms with Crippen molar-refractivity contribution in [2.45, 2.75) is 37.0 Å². The van der Waals surface area contributed by atoms with Crippen LogP contribution in [0, 0.1) is 5.41 Å². The number of nitrogens with two attached hydrogens (primary N) is 1. The van der Waals surface area contributed by atoms with Crippen LogP contribution in [0.1, 0.15) is 25.7 Å². The number of amides is 1. The van der Waals surface area contributed by atoms with Gasteiger partial charge in [0.1, 0.15) is 16.1 Å². The van der Waals surface area contributed by atoms with Crippen LogP contribution < -0.4 is 10.5 Å². The number of sulfonamides is 1. The number of alkyl halides is 2. The van der Waals surface area contributed by atoms with Crippen LogP contribution in [0.15, 0.2) is 23.1 Å². The highest BCUT2D eigenvalue weighted by Gasteiger charge is 2.49. The van der Waals surface area contributed by atoms with Gasteiger partial charge in [0.2, 0.25) is 15.9 Å². The molecule has 9 heteroatoms. The van der Waals surface area contributed by atoms with Crippen LogP contribution in [0.3, 0.4) is 0 Å². The molecule has 0 saturated heterocycles. The number of rotatable bonds is 4. The summed E-state index contributed by atoms with van der Waals surface area (Å²) in [5.74, 6) is -1.43. The largest absolute Gasteiger partial charge is 0.507 e. The normalized spacial score (nSPS) is 17.6. The molecular formula is C13H16F2N2O4S. The third kappa shape index (κ3) is 3.05. The molecule has 122 valence electrons. The summed E-state index contributed by atoms with van der Waals surface area (Å²) in [6.45, 7) is 0. The average molecular weight is 334 g/mol. The minimum absolute atomic E-state index is 0.0150. The molecule has 0 aliphatic heterocycles. The minimum Gasteiger partial charge on any atom is -0.507 e.